The van der Waals surface area contributed by atoms with E-state index in [4.69, 9.17) is 4.74 Å². The van der Waals surface area contributed by atoms with E-state index < -0.39 is 0 Å². The van der Waals surface area contributed by atoms with E-state index in [2.05, 4.69) is 70.9 Å². The molecular weight excluding hydrogens is 414 g/mol. The first kappa shape index (κ1) is 21.6. The summed E-state index contributed by atoms with van der Waals surface area (Å²) in [5, 5.41) is 15.1. The topological polar surface area (TPSA) is 67.6 Å². The van der Waals surface area contributed by atoms with E-state index in [9.17, 15) is 10.1 Å². The van der Waals surface area contributed by atoms with E-state index in [1.54, 1.807) is 19.2 Å². The number of methoxy groups -OCH3 is 1. The zero-order chi connectivity index (χ0) is 22.8. The predicted molar refractivity (Wildman–Crippen MR) is 128 cm³/mol. The SMILES string of the molecule is COc1ccc([N+](=O)[O-])cc1CNC1C2CCN(C2)C1C(c1ccccc1)c1ccccc1. The molecule has 3 aromatic carbocycles. The molecule has 2 bridgehead atoms. The lowest BCUT2D eigenvalue weighted by atomic mass is 9.78. The summed E-state index contributed by atoms with van der Waals surface area (Å²) in [6.07, 6.45) is 1.18. The van der Waals surface area contributed by atoms with Crippen LogP contribution in [0.3, 0.4) is 0 Å². The minimum Gasteiger partial charge on any atom is -0.496 e. The predicted octanol–water partition coefficient (Wildman–Crippen LogP) is 4.60. The van der Waals surface area contributed by atoms with E-state index in [0.717, 1.165) is 18.7 Å². The first-order valence-electron chi connectivity index (χ1n) is 11.5. The average molecular weight is 444 g/mol. The molecule has 6 nitrogen and oxygen atoms in total. The third-order valence-electron chi connectivity index (χ3n) is 7.22. The first-order chi connectivity index (χ1) is 16.2. The van der Waals surface area contributed by atoms with Crippen molar-refractivity contribution in [2.45, 2.75) is 31.0 Å². The molecule has 4 unspecified atom stereocenters. The van der Waals surface area contributed by atoms with Gasteiger partial charge < -0.3 is 10.1 Å². The third-order valence-corrected chi connectivity index (χ3v) is 7.22. The Morgan fingerprint density at radius 3 is 2.33 bits per heavy atom. The molecule has 2 aliphatic rings. The van der Waals surface area contributed by atoms with Gasteiger partial charge >= 0.3 is 0 Å². The van der Waals surface area contributed by atoms with Crippen LogP contribution in [0.4, 0.5) is 5.69 Å². The van der Waals surface area contributed by atoms with Crippen molar-refractivity contribution in [3.63, 3.8) is 0 Å². The third kappa shape index (κ3) is 4.24. The van der Waals surface area contributed by atoms with Crippen molar-refractivity contribution in [1.82, 2.24) is 10.2 Å². The number of nitrogens with one attached hydrogen (secondary N) is 1. The van der Waals surface area contributed by atoms with Gasteiger partial charge in [-0.3, -0.25) is 15.0 Å². The standard InChI is InChI=1S/C27H29N3O3/c1-33-24-13-12-23(30(31)32)16-22(24)17-28-26-21-14-15-29(18-21)27(26)25(19-8-4-2-5-9-19)20-10-6-3-7-11-20/h2-13,16,21,25-28H,14-15,17-18H2,1H3. The van der Waals surface area contributed by atoms with Crippen LogP contribution in [-0.2, 0) is 6.54 Å². The number of nitro benzene ring substituents is 1. The molecular formula is C27H29N3O3. The van der Waals surface area contributed by atoms with Gasteiger partial charge in [-0.25, -0.2) is 0 Å². The number of benzene rings is 3. The van der Waals surface area contributed by atoms with Crippen LogP contribution < -0.4 is 10.1 Å². The largest absolute Gasteiger partial charge is 0.496 e. The van der Waals surface area contributed by atoms with Gasteiger partial charge in [-0.15, -0.1) is 0 Å². The average Bonchev–Trinajstić information content (AvgIpc) is 3.46. The lowest BCUT2D eigenvalue weighted by Crippen LogP contribution is -2.50. The molecule has 170 valence electrons. The summed E-state index contributed by atoms with van der Waals surface area (Å²) in [5.74, 6) is 1.49. The van der Waals surface area contributed by atoms with E-state index in [1.807, 2.05) is 0 Å². The Morgan fingerprint density at radius 2 is 1.73 bits per heavy atom. The number of hydrogen-bond donors (Lipinski definition) is 1. The Morgan fingerprint density at radius 1 is 1.06 bits per heavy atom. The van der Waals surface area contributed by atoms with Gasteiger partial charge in [0.1, 0.15) is 5.75 Å². The van der Waals surface area contributed by atoms with Gasteiger partial charge in [-0.1, -0.05) is 60.7 Å². The molecule has 2 aliphatic heterocycles. The quantitative estimate of drug-likeness (QED) is 0.407. The normalized spacial score (nSPS) is 23.7. The highest BCUT2D eigenvalue weighted by Crippen LogP contribution is 2.43. The van der Waals surface area contributed by atoms with Crippen molar-refractivity contribution in [2.75, 3.05) is 20.2 Å². The lowest BCUT2D eigenvalue weighted by molar-refractivity contribution is -0.384. The fraction of sp³-hybridized carbons (Fsp3) is 0.333. The van der Waals surface area contributed by atoms with E-state index in [-0.39, 0.29) is 22.6 Å². The summed E-state index contributed by atoms with van der Waals surface area (Å²) >= 11 is 0. The van der Waals surface area contributed by atoms with Crippen molar-refractivity contribution in [2.24, 2.45) is 5.92 Å². The maximum absolute atomic E-state index is 11.3. The smallest absolute Gasteiger partial charge is 0.270 e. The molecule has 2 fully saturated rings. The van der Waals surface area contributed by atoms with Crippen LogP contribution in [0.15, 0.2) is 78.9 Å². The fourth-order valence-electron chi connectivity index (χ4n) is 5.74. The highest BCUT2D eigenvalue weighted by atomic mass is 16.6. The second-order valence-electron chi connectivity index (χ2n) is 8.99. The first-order valence-corrected chi connectivity index (χ1v) is 11.5. The lowest BCUT2D eigenvalue weighted by Gasteiger charge is -2.39. The molecule has 2 heterocycles. The number of non-ortho nitro benzene ring substituents is 1. The minimum atomic E-state index is -0.351. The van der Waals surface area contributed by atoms with Gasteiger partial charge in [-0.2, -0.15) is 0 Å². The van der Waals surface area contributed by atoms with Crippen LogP contribution in [-0.4, -0.2) is 42.1 Å². The van der Waals surface area contributed by atoms with Gasteiger partial charge in [-0.05, 0) is 36.1 Å². The number of fused-ring (bicyclic) bond motifs is 2. The summed E-state index contributed by atoms with van der Waals surface area (Å²) in [5.41, 5.74) is 3.55. The number of rotatable bonds is 8. The van der Waals surface area contributed by atoms with Crippen LogP contribution in [0.1, 0.15) is 29.0 Å². The molecule has 0 spiro atoms. The van der Waals surface area contributed by atoms with Crippen LogP contribution in [0.25, 0.3) is 0 Å². The Hall–Kier alpha value is -3.22. The Balaban J connectivity index is 1.46. The summed E-state index contributed by atoms with van der Waals surface area (Å²) in [6, 6.07) is 26.9. The molecule has 6 heteroatoms. The summed E-state index contributed by atoms with van der Waals surface area (Å²) < 4.78 is 5.50. The molecule has 2 saturated heterocycles. The van der Waals surface area contributed by atoms with Crippen molar-refractivity contribution in [3.05, 3.63) is 106 Å². The van der Waals surface area contributed by atoms with E-state index >= 15 is 0 Å². The summed E-state index contributed by atoms with van der Waals surface area (Å²) in [6.45, 7) is 2.74. The number of nitro groups is 1. The second kappa shape index (κ2) is 9.33. The fourth-order valence-corrected chi connectivity index (χ4v) is 5.74. The Kier molecular flexibility index (Phi) is 6.11. The monoisotopic (exact) mass is 443 g/mol. The zero-order valence-corrected chi connectivity index (χ0v) is 18.8. The number of piperidine rings is 1. The molecule has 1 N–H and O–H groups in total. The van der Waals surface area contributed by atoms with Crippen molar-refractivity contribution in [3.8, 4) is 5.75 Å². The number of nitrogens with zero attached hydrogens (tertiary/aromatic N) is 2. The van der Waals surface area contributed by atoms with Gasteiger partial charge in [0.05, 0.1) is 12.0 Å². The maximum Gasteiger partial charge on any atom is 0.270 e. The summed E-state index contributed by atoms with van der Waals surface area (Å²) in [4.78, 5) is 13.6. The molecule has 0 aromatic heterocycles. The second-order valence-corrected chi connectivity index (χ2v) is 8.99. The highest BCUT2D eigenvalue weighted by Gasteiger charge is 2.49. The van der Waals surface area contributed by atoms with Crippen molar-refractivity contribution in [1.29, 1.82) is 0 Å². The van der Waals surface area contributed by atoms with Crippen molar-refractivity contribution >= 4 is 5.69 Å². The summed E-state index contributed by atoms with van der Waals surface area (Å²) in [7, 11) is 1.61. The molecule has 0 aliphatic carbocycles. The minimum absolute atomic E-state index is 0.0901. The molecule has 5 rings (SSSR count). The van der Waals surface area contributed by atoms with Crippen LogP contribution >= 0.6 is 0 Å². The maximum atomic E-state index is 11.3. The molecule has 0 amide bonds. The van der Waals surface area contributed by atoms with Crippen molar-refractivity contribution < 1.29 is 9.66 Å². The van der Waals surface area contributed by atoms with Gasteiger partial charge in [0.25, 0.3) is 5.69 Å². The molecule has 0 radical (unpaired) electrons. The van der Waals surface area contributed by atoms with Gasteiger partial charge in [0.15, 0.2) is 0 Å². The molecule has 0 saturated carbocycles. The highest BCUT2D eigenvalue weighted by molar-refractivity contribution is 5.44. The van der Waals surface area contributed by atoms with Crippen LogP contribution in [0.2, 0.25) is 0 Å². The molecule has 3 aromatic rings. The Bertz CT molecular complexity index is 1070. The Labute approximate surface area is 194 Å². The van der Waals surface area contributed by atoms with Crippen LogP contribution in [0.5, 0.6) is 5.75 Å². The van der Waals surface area contributed by atoms with Crippen LogP contribution in [0, 0.1) is 16.0 Å². The van der Waals surface area contributed by atoms with Gasteiger partial charge in [0, 0.05) is 48.8 Å². The zero-order valence-electron chi connectivity index (χ0n) is 18.8. The van der Waals surface area contributed by atoms with Gasteiger partial charge in [0.2, 0.25) is 0 Å². The number of ether oxygens (including phenoxy) is 1. The number of hydrogen-bond acceptors (Lipinski definition) is 5. The molecule has 4 atom stereocenters. The van der Waals surface area contributed by atoms with E-state index in [1.165, 1.54) is 23.6 Å². The molecule has 33 heavy (non-hydrogen) atoms. The van der Waals surface area contributed by atoms with E-state index in [0.29, 0.717) is 24.3 Å².